The largest absolute Gasteiger partial charge is 0.492 e. The van der Waals surface area contributed by atoms with Gasteiger partial charge in [0, 0.05) is 31.5 Å². The number of likely N-dealkylation sites (N-methyl/N-ethyl adjacent to an activating group) is 1. The van der Waals surface area contributed by atoms with Gasteiger partial charge in [0.05, 0.1) is 32.3 Å². The Labute approximate surface area is 169 Å². The highest BCUT2D eigenvalue weighted by molar-refractivity contribution is 6.06. The molecule has 1 aromatic carbocycles. The molecule has 1 aromatic heterocycles. The number of unbranched alkanes of at least 4 members (excludes halogenated alkanes) is 2. The van der Waals surface area contributed by atoms with Gasteiger partial charge in [0.1, 0.15) is 0 Å². The van der Waals surface area contributed by atoms with E-state index in [1.165, 1.54) is 4.90 Å². The third-order valence-electron chi connectivity index (χ3n) is 5.23. The number of amides is 1. The van der Waals surface area contributed by atoms with E-state index in [0.717, 1.165) is 37.1 Å². The number of guanidine groups is 1. The Hall–Kier alpha value is -3.07. The Kier molecular flexibility index (Phi) is 5.39. The Balaban J connectivity index is 1.39. The van der Waals surface area contributed by atoms with E-state index < -0.39 is 6.23 Å². The van der Waals surface area contributed by atoms with Gasteiger partial charge in [0.2, 0.25) is 12.2 Å². The maximum absolute atomic E-state index is 12.0. The molecule has 0 bridgehead atoms. The maximum atomic E-state index is 12.0. The second kappa shape index (κ2) is 8.12. The van der Waals surface area contributed by atoms with Crippen LogP contribution in [0.5, 0.6) is 11.5 Å². The fourth-order valence-electron chi connectivity index (χ4n) is 3.65. The van der Waals surface area contributed by atoms with Gasteiger partial charge in [0.15, 0.2) is 11.5 Å². The molecule has 1 unspecified atom stereocenters. The molecule has 1 saturated heterocycles. The molecule has 1 fully saturated rings. The normalized spacial score (nSPS) is 17.8. The summed E-state index contributed by atoms with van der Waals surface area (Å²) >= 11 is 0. The summed E-state index contributed by atoms with van der Waals surface area (Å²) in [5.41, 5.74) is 1.52. The number of benzene rings is 1. The van der Waals surface area contributed by atoms with Crippen molar-refractivity contribution in [2.45, 2.75) is 38.6 Å². The fourth-order valence-corrected chi connectivity index (χ4v) is 3.65. The molecule has 2 aliphatic heterocycles. The Bertz CT molecular complexity index is 912. The topological polar surface area (TPSA) is 92.4 Å². The number of aliphatic hydroxyl groups is 1. The highest BCUT2D eigenvalue weighted by atomic mass is 16.5. The second-order valence-corrected chi connectivity index (χ2v) is 7.11. The quantitative estimate of drug-likeness (QED) is 0.680. The van der Waals surface area contributed by atoms with Crippen molar-refractivity contribution in [3.8, 4) is 11.5 Å². The number of nitrogens with zero attached hydrogens (tertiary/aromatic N) is 5. The van der Waals surface area contributed by atoms with Crippen LogP contribution in [0.4, 0.5) is 5.69 Å². The lowest BCUT2D eigenvalue weighted by Gasteiger charge is -2.28. The van der Waals surface area contributed by atoms with Gasteiger partial charge in [-0.05, 0) is 31.4 Å². The van der Waals surface area contributed by atoms with Crippen LogP contribution in [0.1, 0.15) is 24.8 Å². The zero-order chi connectivity index (χ0) is 20.4. The van der Waals surface area contributed by atoms with Gasteiger partial charge in [-0.15, -0.1) is 0 Å². The van der Waals surface area contributed by atoms with E-state index in [2.05, 4.69) is 14.5 Å². The van der Waals surface area contributed by atoms with Crippen LogP contribution in [0.2, 0.25) is 0 Å². The zero-order valence-electron chi connectivity index (χ0n) is 16.6. The first-order valence-electron chi connectivity index (χ1n) is 9.69. The van der Waals surface area contributed by atoms with Crippen LogP contribution in [-0.4, -0.2) is 63.3 Å². The molecule has 0 spiro atoms. The molecule has 1 amide bonds. The molecule has 3 heterocycles. The second-order valence-electron chi connectivity index (χ2n) is 7.11. The van der Waals surface area contributed by atoms with Crippen molar-refractivity contribution in [3.63, 3.8) is 0 Å². The van der Waals surface area contributed by atoms with Gasteiger partial charge in [-0.1, -0.05) is 0 Å². The summed E-state index contributed by atoms with van der Waals surface area (Å²) in [5.74, 6) is 1.30. The van der Waals surface area contributed by atoms with Crippen LogP contribution in [-0.2, 0) is 17.9 Å². The minimum absolute atomic E-state index is 0.330. The van der Waals surface area contributed by atoms with Crippen LogP contribution in [0.3, 0.4) is 0 Å². The lowest BCUT2D eigenvalue weighted by Crippen LogP contribution is -2.37. The molecule has 4 rings (SSSR count). The van der Waals surface area contributed by atoms with Gasteiger partial charge in [-0.3, -0.25) is 9.69 Å². The average Bonchev–Trinajstić information content (AvgIpc) is 3.32. The number of aliphatic imine (C=N–C) groups is 1. The molecule has 29 heavy (non-hydrogen) atoms. The summed E-state index contributed by atoms with van der Waals surface area (Å²) in [6.07, 6.45) is 7.39. The number of aliphatic hydroxyl groups excluding tert-OH is 1. The monoisotopic (exact) mass is 399 g/mol. The van der Waals surface area contributed by atoms with E-state index in [-0.39, 0.29) is 5.91 Å². The van der Waals surface area contributed by atoms with Crippen LogP contribution in [0, 0.1) is 0 Å². The Morgan fingerprint density at radius 1 is 1.28 bits per heavy atom. The van der Waals surface area contributed by atoms with Crippen molar-refractivity contribution >= 4 is 17.6 Å². The molecule has 2 aromatic rings. The minimum Gasteiger partial charge on any atom is -0.492 e. The minimum atomic E-state index is -1.23. The van der Waals surface area contributed by atoms with E-state index in [1.807, 2.05) is 24.7 Å². The smallest absolute Gasteiger partial charge is 0.279 e. The van der Waals surface area contributed by atoms with Gasteiger partial charge in [-0.2, -0.15) is 0 Å². The number of hydrogen-bond donors (Lipinski definition) is 1. The molecule has 2 aliphatic rings. The van der Waals surface area contributed by atoms with Gasteiger partial charge >= 0.3 is 0 Å². The number of carbonyl (C=O) groups excluding carboxylic acids is 1. The lowest BCUT2D eigenvalue weighted by atomic mass is 10.1. The summed E-state index contributed by atoms with van der Waals surface area (Å²) in [7, 11) is 3.20. The summed E-state index contributed by atoms with van der Waals surface area (Å²) in [6.45, 7) is 1.87. The number of fused-ring (bicyclic) bond motifs is 2. The SMILES string of the molecule is COc1c(OCCCCCn2ccnc2)ccc2c1CN1C(=N2)N(C)C(=O)C1O. The molecule has 0 aliphatic carbocycles. The van der Waals surface area contributed by atoms with Crippen LogP contribution >= 0.6 is 0 Å². The molecule has 0 radical (unpaired) electrons. The molecular formula is C20H25N5O4. The van der Waals surface area contributed by atoms with Gasteiger partial charge < -0.3 is 24.0 Å². The highest BCUT2D eigenvalue weighted by Gasteiger charge is 2.43. The van der Waals surface area contributed by atoms with E-state index in [9.17, 15) is 9.90 Å². The van der Waals surface area contributed by atoms with Gasteiger partial charge in [0.25, 0.3) is 5.91 Å². The van der Waals surface area contributed by atoms with Crippen molar-refractivity contribution in [1.82, 2.24) is 19.4 Å². The number of hydrogen-bond acceptors (Lipinski definition) is 7. The summed E-state index contributed by atoms with van der Waals surface area (Å²) in [5, 5.41) is 10.2. The Morgan fingerprint density at radius 3 is 2.90 bits per heavy atom. The molecule has 1 atom stereocenters. The molecular weight excluding hydrogens is 374 g/mol. The van der Waals surface area contributed by atoms with Crippen LogP contribution in [0.25, 0.3) is 0 Å². The number of ether oxygens (including phenoxy) is 2. The van der Waals surface area contributed by atoms with Crippen LogP contribution in [0.15, 0.2) is 35.8 Å². The predicted octanol–water partition coefficient (Wildman–Crippen LogP) is 1.73. The third-order valence-corrected chi connectivity index (χ3v) is 5.23. The average molecular weight is 399 g/mol. The third kappa shape index (κ3) is 3.65. The van der Waals surface area contributed by atoms with Crippen molar-refractivity contribution in [3.05, 3.63) is 36.4 Å². The van der Waals surface area contributed by atoms with E-state index in [0.29, 0.717) is 30.6 Å². The van der Waals surface area contributed by atoms with Crippen molar-refractivity contribution < 1.29 is 19.4 Å². The molecule has 154 valence electrons. The molecule has 1 N–H and O–H groups in total. The molecule has 9 heteroatoms. The number of aryl methyl sites for hydroxylation is 1. The fraction of sp³-hybridized carbons (Fsp3) is 0.450. The van der Waals surface area contributed by atoms with E-state index in [4.69, 9.17) is 9.47 Å². The van der Waals surface area contributed by atoms with Crippen molar-refractivity contribution in [2.24, 2.45) is 4.99 Å². The van der Waals surface area contributed by atoms with E-state index in [1.54, 1.807) is 25.3 Å². The first kappa shape index (κ1) is 19.3. The first-order valence-corrected chi connectivity index (χ1v) is 9.69. The zero-order valence-corrected chi connectivity index (χ0v) is 16.6. The maximum Gasteiger partial charge on any atom is 0.279 e. The predicted molar refractivity (Wildman–Crippen MR) is 106 cm³/mol. The summed E-state index contributed by atoms with van der Waals surface area (Å²) < 4.78 is 13.6. The number of methoxy groups -OCH3 is 1. The van der Waals surface area contributed by atoms with Gasteiger partial charge in [-0.25, -0.2) is 9.98 Å². The summed E-state index contributed by atoms with van der Waals surface area (Å²) in [6, 6.07) is 3.70. The molecule has 9 nitrogen and oxygen atoms in total. The first-order chi connectivity index (χ1) is 14.1. The van der Waals surface area contributed by atoms with Crippen LogP contribution < -0.4 is 9.47 Å². The van der Waals surface area contributed by atoms with E-state index >= 15 is 0 Å². The van der Waals surface area contributed by atoms with Crippen molar-refractivity contribution in [2.75, 3.05) is 20.8 Å². The van der Waals surface area contributed by atoms with Crippen molar-refractivity contribution in [1.29, 1.82) is 0 Å². The Morgan fingerprint density at radius 2 is 2.14 bits per heavy atom. The number of carbonyl (C=O) groups is 1. The summed E-state index contributed by atoms with van der Waals surface area (Å²) in [4.78, 5) is 23.5. The molecule has 0 saturated carbocycles. The highest BCUT2D eigenvalue weighted by Crippen LogP contribution is 2.42. The lowest BCUT2D eigenvalue weighted by molar-refractivity contribution is -0.136. The standard InChI is InChI=1S/C20H25N5O4/c1-23-18(26)19(27)25-12-14-15(22-20(23)25)6-7-16(17(14)28-2)29-11-5-3-4-9-24-10-8-21-13-24/h6-8,10,13,19,27H,3-5,9,11-12H2,1-2H3. The number of imidazole rings is 1. The number of rotatable bonds is 8. The number of aromatic nitrogens is 2.